The number of nitrogens with zero attached hydrogens (tertiary/aromatic N) is 1. The van der Waals surface area contributed by atoms with Crippen LogP contribution in [0.25, 0.3) is 0 Å². The van der Waals surface area contributed by atoms with E-state index in [2.05, 4.69) is 0 Å². The Balaban J connectivity index is 2.02. The summed E-state index contributed by atoms with van der Waals surface area (Å²) in [4.78, 5) is 37.1. The van der Waals surface area contributed by atoms with Gasteiger partial charge in [-0.05, 0) is 24.3 Å². The van der Waals surface area contributed by atoms with Gasteiger partial charge in [0.1, 0.15) is 0 Å². The number of rotatable bonds is 3. The summed E-state index contributed by atoms with van der Waals surface area (Å²) < 4.78 is 4.98. The minimum absolute atomic E-state index is 0.0291. The Morgan fingerprint density at radius 2 is 1.86 bits per heavy atom. The van der Waals surface area contributed by atoms with E-state index < -0.39 is 17.5 Å². The molecule has 0 N–H and O–H groups in total. The highest BCUT2D eigenvalue weighted by Gasteiger charge is 2.40. The first-order chi connectivity index (χ1) is 10.0. The molecule has 5 nitrogen and oxygen atoms in total. The molecule has 1 aromatic carbocycles. The van der Waals surface area contributed by atoms with Crippen LogP contribution in [0.5, 0.6) is 0 Å². The number of ketones is 2. The molecule has 0 fully saturated rings. The molecule has 1 aromatic heterocycles. The molecule has 0 saturated carbocycles. The highest BCUT2D eigenvalue weighted by atomic mass is 35.5. The minimum Gasteiger partial charge on any atom is -0.461 e. The first kappa shape index (κ1) is 13.9. The molecule has 2 heterocycles. The highest BCUT2D eigenvalue weighted by molar-refractivity contribution is 6.57. The molecule has 1 amide bonds. The Labute approximate surface area is 129 Å². The molecule has 0 radical (unpaired) electrons. The molecule has 0 spiro atoms. The maximum Gasteiger partial charge on any atom is 0.300 e. The Bertz CT molecular complexity index is 768. The number of hydrogen-bond acceptors (Lipinski definition) is 4. The van der Waals surface area contributed by atoms with Gasteiger partial charge in [-0.3, -0.25) is 19.3 Å². The van der Waals surface area contributed by atoms with Crippen LogP contribution in [-0.4, -0.2) is 24.0 Å². The van der Waals surface area contributed by atoms with Crippen LogP contribution in [0.3, 0.4) is 0 Å². The summed E-state index contributed by atoms with van der Waals surface area (Å²) in [6.45, 7) is -0.342. The summed E-state index contributed by atoms with van der Waals surface area (Å²) in [6, 6.07) is 5.94. The quantitative estimate of drug-likeness (QED) is 0.643. The summed E-state index contributed by atoms with van der Waals surface area (Å²) in [6.07, 6.45) is 1.35. The topological polar surface area (TPSA) is 67.6 Å². The molecule has 106 valence electrons. The van der Waals surface area contributed by atoms with Crippen molar-refractivity contribution in [3.8, 4) is 0 Å². The van der Waals surface area contributed by atoms with Gasteiger partial charge in [0.15, 0.2) is 5.76 Å². The fraction of sp³-hybridized carbons (Fsp3) is 0.0714. The largest absolute Gasteiger partial charge is 0.461 e. The van der Waals surface area contributed by atoms with Crippen molar-refractivity contribution in [2.24, 2.45) is 0 Å². The van der Waals surface area contributed by atoms with E-state index in [1.165, 1.54) is 24.5 Å². The molecule has 0 atom stereocenters. The van der Waals surface area contributed by atoms with Crippen molar-refractivity contribution in [3.63, 3.8) is 0 Å². The summed E-state index contributed by atoms with van der Waals surface area (Å²) in [5.41, 5.74) is 0.195. The van der Waals surface area contributed by atoms with Crippen LogP contribution < -0.4 is 4.90 Å². The van der Waals surface area contributed by atoms with Gasteiger partial charge in [0.05, 0.1) is 34.1 Å². The van der Waals surface area contributed by atoms with Gasteiger partial charge in [0.25, 0.3) is 11.7 Å². The van der Waals surface area contributed by atoms with Gasteiger partial charge in [-0.2, -0.15) is 0 Å². The van der Waals surface area contributed by atoms with Crippen molar-refractivity contribution >= 4 is 46.4 Å². The normalized spacial score (nSPS) is 13.7. The molecular weight excluding hydrogens is 317 g/mol. The van der Waals surface area contributed by atoms with E-state index in [-0.39, 0.29) is 33.6 Å². The first-order valence-corrected chi connectivity index (χ1v) is 6.67. The van der Waals surface area contributed by atoms with E-state index in [1.807, 2.05) is 0 Å². The number of amides is 1. The molecular formula is C14H7Cl2NO4. The lowest BCUT2D eigenvalue weighted by Gasteiger charge is -2.16. The second-order valence-electron chi connectivity index (χ2n) is 4.37. The molecule has 0 aliphatic carbocycles. The maximum absolute atomic E-state index is 12.0. The van der Waals surface area contributed by atoms with Crippen LogP contribution in [0.1, 0.15) is 20.9 Å². The monoisotopic (exact) mass is 323 g/mol. The van der Waals surface area contributed by atoms with Gasteiger partial charge in [-0.1, -0.05) is 23.2 Å². The van der Waals surface area contributed by atoms with Crippen LogP contribution in [0.15, 0.2) is 34.9 Å². The molecule has 0 saturated heterocycles. The van der Waals surface area contributed by atoms with Crippen molar-refractivity contribution in [3.05, 3.63) is 51.9 Å². The van der Waals surface area contributed by atoms with Gasteiger partial charge in [-0.25, -0.2) is 0 Å². The summed E-state index contributed by atoms with van der Waals surface area (Å²) >= 11 is 12.0. The lowest BCUT2D eigenvalue weighted by Crippen LogP contribution is -2.34. The van der Waals surface area contributed by atoms with Crippen LogP contribution in [-0.2, 0) is 4.79 Å². The minimum atomic E-state index is -0.833. The molecule has 0 bridgehead atoms. The van der Waals surface area contributed by atoms with Gasteiger partial charge in [0, 0.05) is 0 Å². The Morgan fingerprint density at radius 1 is 1.14 bits per heavy atom. The first-order valence-electron chi connectivity index (χ1n) is 5.91. The van der Waals surface area contributed by atoms with E-state index in [4.69, 9.17) is 27.6 Å². The molecule has 1 aliphatic rings. The van der Waals surface area contributed by atoms with E-state index in [1.54, 1.807) is 6.07 Å². The van der Waals surface area contributed by atoms with Crippen LogP contribution >= 0.6 is 23.2 Å². The average molecular weight is 324 g/mol. The zero-order chi connectivity index (χ0) is 15.1. The number of carbonyl (C=O) groups is 3. The fourth-order valence-electron chi connectivity index (χ4n) is 2.16. The standard InChI is InChI=1S/C14H7Cl2NO4/c15-7-3-4-8(16)12-11(7)13(19)14(20)17(12)6-9(18)10-2-1-5-21-10/h1-5H,6H2. The van der Waals surface area contributed by atoms with E-state index in [0.717, 1.165) is 4.90 Å². The van der Waals surface area contributed by atoms with E-state index in [9.17, 15) is 14.4 Å². The molecule has 7 heteroatoms. The van der Waals surface area contributed by atoms with Gasteiger partial charge >= 0.3 is 0 Å². The molecule has 0 unspecified atom stereocenters. The van der Waals surface area contributed by atoms with Gasteiger partial charge in [0.2, 0.25) is 5.78 Å². The molecule has 3 rings (SSSR count). The maximum atomic E-state index is 12.0. The summed E-state index contributed by atoms with van der Waals surface area (Å²) in [7, 11) is 0. The fourth-order valence-corrected chi connectivity index (χ4v) is 2.66. The van der Waals surface area contributed by atoms with Crippen molar-refractivity contribution in [2.75, 3.05) is 11.4 Å². The number of fused-ring (bicyclic) bond motifs is 1. The average Bonchev–Trinajstić information content (AvgIpc) is 3.06. The Kier molecular flexibility index (Phi) is 3.31. The van der Waals surface area contributed by atoms with Crippen molar-refractivity contribution in [1.29, 1.82) is 0 Å². The zero-order valence-electron chi connectivity index (χ0n) is 10.4. The predicted molar refractivity (Wildman–Crippen MR) is 76.2 cm³/mol. The number of anilines is 1. The lowest BCUT2D eigenvalue weighted by atomic mass is 10.1. The van der Waals surface area contributed by atoms with Crippen molar-refractivity contribution in [2.45, 2.75) is 0 Å². The molecule has 21 heavy (non-hydrogen) atoms. The number of carbonyl (C=O) groups excluding carboxylic acids is 3. The molecule has 2 aromatic rings. The molecule has 1 aliphatic heterocycles. The van der Waals surface area contributed by atoms with Gasteiger partial charge in [-0.15, -0.1) is 0 Å². The van der Waals surface area contributed by atoms with Crippen LogP contribution in [0, 0.1) is 0 Å². The lowest BCUT2D eigenvalue weighted by molar-refractivity contribution is -0.114. The number of halogens is 2. The van der Waals surface area contributed by atoms with Crippen LogP contribution in [0.4, 0.5) is 5.69 Å². The summed E-state index contributed by atoms with van der Waals surface area (Å²) in [5.74, 6) is -1.95. The number of Topliss-reactive ketones (excluding diaryl/α,β-unsaturated/α-hetero) is 2. The van der Waals surface area contributed by atoms with E-state index >= 15 is 0 Å². The zero-order valence-corrected chi connectivity index (χ0v) is 11.9. The number of furan rings is 1. The van der Waals surface area contributed by atoms with Gasteiger partial charge < -0.3 is 4.42 Å². The number of hydrogen-bond donors (Lipinski definition) is 0. The van der Waals surface area contributed by atoms with E-state index in [0.29, 0.717) is 0 Å². The predicted octanol–water partition coefficient (Wildman–Crippen LogP) is 3.00. The van der Waals surface area contributed by atoms with Crippen molar-refractivity contribution in [1.82, 2.24) is 0 Å². The highest BCUT2D eigenvalue weighted by Crippen LogP contribution is 2.39. The SMILES string of the molecule is O=C(CN1C(=O)C(=O)c2c(Cl)ccc(Cl)c21)c1ccco1. The Hall–Kier alpha value is -2.11. The Morgan fingerprint density at radius 3 is 2.52 bits per heavy atom. The smallest absolute Gasteiger partial charge is 0.300 e. The third kappa shape index (κ3) is 2.14. The number of benzene rings is 1. The third-order valence-electron chi connectivity index (χ3n) is 3.11. The second-order valence-corrected chi connectivity index (χ2v) is 5.19. The summed E-state index contributed by atoms with van der Waals surface area (Å²) in [5, 5.41) is 0.307. The van der Waals surface area contributed by atoms with Crippen LogP contribution in [0.2, 0.25) is 10.0 Å². The van der Waals surface area contributed by atoms with Crippen molar-refractivity contribution < 1.29 is 18.8 Å². The third-order valence-corrected chi connectivity index (χ3v) is 3.73. The second kappa shape index (κ2) is 5.02.